The first kappa shape index (κ1) is 22.2. The predicted octanol–water partition coefficient (Wildman–Crippen LogP) is 1.44. The first-order chi connectivity index (χ1) is 15.4. The van der Waals surface area contributed by atoms with E-state index in [2.05, 4.69) is 15.5 Å². The summed E-state index contributed by atoms with van der Waals surface area (Å²) in [5.74, 6) is 0.258. The molecular weight excluding hydrogens is 408 g/mol. The Morgan fingerprint density at radius 2 is 1.81 bits per heavy atom. The van der Waals surface area contributed by atoms with Gasteiger partial charge in [0.15, 0.2) is 0 Å². The van der Waals surface area contributed by atoms with E-state index in [0.29, 0.717) is 30.3 Å². The highest BCUT2D eigenvalue weighted by atomic mass is 16.2. The molecule has 9 heteroatoms. The normalized spacial score (nSPS) is 17.6. The monoisotopic (exact) mass is 440 g/mol. The van der Waals surface area contributed by atoms with Gasteiger partial charge in [-0.25, -0.2) is 4.68 Å². The smallest absolute Gasteiger partial charge is 0.267 e. The molecule has 1 aliphatic heterocycles. The molecule has 2 amide bonds. The number of amides is 2. The molecule has 1 N–H and O–H groups in total. The molecule has 1 saturated heterocycles. The van der Waals surface area contributed by atoms with Crippen LogP contribution in [0.4, 0.5) is 0 Å². The van der Waals surface area contributed by atoms with Crippen LogP contribution in [0.25, 0.3) is 0 Å². The van der Waals surface area contributed by atoms with Crippen LogP contribution in [-0.4, -0.2) is 55.4 Å². The van der Waals surface area contributed by atoms with Crippen LogP contribution < -0.4 is 10.9 Å². The molecule has 1 aliphatic carbocycles. The zero-order valence-electron chi connectivity index (χ0n) is 18.9. The van der Waals surface area contributed by atoms with Gasteiger partial charge in [0.1, 0.15) is 6.54 Å². The number of piperidine rings is 1. The number of rotatable bonds is 6. The van der Waals surface area contributed by atoms with Gasteiger partial charge in [0.25, 0.3) is 11.5 Å². The van der Waals surface area contributed by atoms with Crippen LogP contribution in [0.2, 0.25) is 0 Å². The number of carbonyl (C=O) groups excluding carboxylic acids is 2. The fourth-order valence-corrected chi connectivity index (χ4v) is 4.76. The fourth-order valence-electron chi connectivity index (χ4n) is 4.76. The molecule has 2 fully saturated rings. The molecule has 2 aliphatic rings. The molecule has 0 radical (unpaired) electrons. The number of nitrogens with zero attached hydrogens (tertiary/aromatic N) is 5. The molecule has 1 saturated carbocycles. The Labute approximate surface area is 187 Å². The number of hydrogen-bond acceptors (Lipinski definition) is 5. The van der Waals surface area contributed by atoms with Gasteiger partial charge < -0.3 is 10.2 Å². The van der Waals surface area contributed by atoms with Gasteiger partial charge in [0, 0.05) is 38.4 Å². The molecule has 4 rings (SSSR count). The summed E-state index contributed by atoms with van der Waals surface area (Å²) in [5.41, 5.74) is 1.95. The van der Waals surface area contributed by atoms with Gasteiger partial charge in [-0.15, -0.1) is 0 Å². The summed E-state index contributed by atoms with van der Waals surface area (Å²) in [7, 11) is 1.85. The van der Waals surface area contributed by atoms with Crippen molar-refractivity contribution in [1.82, 2.24) is 29.8 Å². The molecule has 0 unspecified atom stereocenters. The van der Waals surface area contributed by atoms with Crippen molar-refractivity contribution in [2.45, 2.75) is 64.5 Å². The third-order valence-corrected chi connectivity index (χ3v) is 6.57. The van der Waals surface area contributed by atoms with Gasteiger partial charge >= 0.3 is 0 Å². The Morgan fingerprint density at radius 1 is 1.09 bits per heavy atom. The maximum atomic E-state index is 12.8. The minimum Gasteiger partial charge on any atom is -0.349 e. The number of aromatic nitrogens is 4. The van der Waals surface area contributed by atoms with E-state index in [-0.39, 0.29) is 30.0 Å². The molecule has 172 valence electrons. The van der Waals surface area contributed by atoms with E-state index in [9.17, 15) is 14.4 Å². The van der Waals surface area contributed by atoms with Crippen LogP contribution in [0.1, 0.15) is 60.3 Å². The Kier molecular flexibility index (Phi) is 6.72. The molecule has 2 aromatic heterocycles. The van der Waals surface area contributed by atoms with Crippen LogP contribution in [0.5, 0.6) is 0 Å². The lowest BCUT2D eigenvalue weighted by atomic mass is 9.91. The number of aryl methyl sites for hydroxylation is 2. The average Bonchev–Trinajstić information content (AvgIpc) is 3.40. The fraction of sp³-hybridized carbons (Fsp3) is 0.609. The first-order valence-electron chi connectivity index (χ1n) is 11.5. The molecule has 2 aromatic rings. The van der Waals surface area contributed by atoms with Crippen LogP contribution in [-0.2, 0) is 24.8 Å². The largest absolute Gasteiger partial charge is 0.349 e. The van der Waals surface area contributed by atoms with Crippen molar-refractivity contribution in [1.29, 1.82) is 0 Å². The van der Waals surface area contributed by atoms with E-state index < -0.39 is 0 Å². The van der Waals surface area contributed by atoms with Crippen molar-refractivity contribution in [3.05, 3.63) is 45.6 Å². The van der Waals surface area contributed by atoms with Crippen molar-refractivity contribution in [2.75, 3.05) is 13.1 Å². The summed E-state index contributed by atoms with van der Waals surface area (Å²) >= 11 is 0. The number of likely N-dealkylation sites (tertiary alicyclic amines) is 1. The lowest BCUT2D eigenvalue weighted by Gasteiger charge is -2.32. The second-order valence-electron chi connectivity index (χ2n) is 9.12. The van der Waals surface area contributed by atoms with Crippen LogP contribution in [0.3, 0.4) is 0 Å². The molecule has 0 spiro atoms. The van der Waals surface area contributed by atoms with E-state index in [0.717, 1.165) is 37.8 Å². The highest BCUT2D eigenvalue weighted by Gasteiger charge is 2.27. The third-order valence-electron chi connectivity index (χ3n) is 6.57. The van der Waals surface area contributed by atoms with E-state index in [1.807, 2.05) is 13.2 Å². The first-order valence-corrected chi connectivity index (χ1v) is 11.5. The van der Waals surface area contributed by atoms with Crippen molar-refractivity contribution in [3.63, 3.8) is 0 Å². The standard InChI is InChI=1S/C23H32N6O3/c1-16-7-8-21(30)29(25-16)15-22(31)28-11-9-17(10-12-28)13-20-19(14-27(2)26-20)23(32)24-18-5-3-4-6-18/h7-8,14,17-18H,3-6,9-13,15H2,1-2H3,(H,24,32). The Hall–Kier alpha value is -2.97. The minimum atomic E-state index is -0.266. The topological polar surface area (TPSA) is 102 Å². The van der Waals surface area contributed by atoms with Gasteiger partial charge in [0.2, 0.25) is 5.91 Å². The molecule has 3 heterocycles. The molecular formula is C23H32N6O3. The Morgan fingerprint density at radius 3 is 2.53 bits per heavy atom. The van der Waals surface area contributed by atoms with Gasteiger partial charge in [0.05, 0.1) is 17.0 Å². The highest BCUT2D eigenvalue weighted by Crippen LogP contribution is 2.24. The van der Waals surface area contributed by atoms with Gasteiger partial charge in [-0.05, 0) is 51.0 Å². The zero-order chi connectivity index (χ0) is 22.7. The summed E-state index contributed by atoms with van der Waals surface area (Å²) in [5, 5.41) is 11.9. The summed E-state index contributed by atoms with van der Waals surface area (Å²) < 4.78 is 2.94. The molecule has 9 nitrogen and oxygen atoms in total. The second kappa shape index (κ2) is 9.67. The second-order valence-corrected chi connectivity index (χ2v) is 9.12. The van der Waals surface area contributed by atoms with Crippen molar-refractivity contribution >= 4 is 11.8 Å². The maximum absolute atomic E-state index is 12.8. The highest BCUT2D eigenvalue weighted by molar-refractivity contribution is 5.95. The predicted molar refractivity (Wildman–Crippen MR) is 119 cm³/mol. The lowest BCUT2D eigenvalue weighted by molar-refractivity contribution is -0.133. The van der Waals surface area contributed by atoms with Gasteiger partial charge in [-0.1, -0.05) is 12.8 Å². The molecule has 0 aromatic carbocycles. The van der Waals surface area contributed by atoms with Gasteiger partial charge in [-0.3, -0.25) is 19.1 Å². The maximum Gasteiger partial charge on any atom is 0.267 e. The van der Waals surface area contributed by atoms with E-state index >= 15 is 0 Å². The van der Waals surface area contributed by atoms with Crippen LogP contribution >= 0.6 is 0 Å². The Balaban J connectivity index is 1.32. The van der Waals surface area contributed by atoms with Crippen molar-refractivity contribution in [3.8, 4) is 0 Å². The Bertz CT molecular complexity index is 1030. The van der Waals surface area contributed by atoms with E-state index in [4.69, 9.17) is 0 Å². The summed E-state index contributed by atoms with van der Waals surface area (Å²) in [6, 6.07) is 3.37. The molecule has 32 heavy (non-hydrogen) atoms. The number of hydrogen-bond donors (Lipinski definition) is 1. The molecule has 0 atom stereocenters. The number of carbonyl (C=O) groups is 2. The minimum absolute atomic E-state index is 0.0243. The summed E-state index contributed by atoms with van der Waals surface area (Å²) in [6.07, 6.45) is 8.70. The zero-order valence-corrected chi connectivity index (χ0v) is 18.9. The van der Waals surface area contributed by atoms with Gasteiger partial charge in [-0.2, -0.15) is 10.2 Å². The van der Waals surface area contributed by atoms with Crippen molar-refractivity contribution < 1.29 is 9.59 Å². The quantitative estimate of drug-likeness (QED) is 0.732. The molecule has 0 bridgehead atoms. The summed E-state index contributed by atoms with van der Waals surface area (Å²) in [4.78, 5) is 39.2. The van der Waals surface area contributed by atoms with E-state index in [1.54, 1.807) is 22.6 Å². The van der Waals surface area contributed by atoms with Crippen LogP contribution in [0.15, 0.2) is 23.1 Å². The van der Waals surface area contributed by atoms with Crippen molar-refractivity contribution in [2.24, 2.45) is 13.0 Å². The van der Waals surface area contributed by atoms with E-state index in [1.165, 1.54) is 23.6 Å². The van der Waals surface area contributed by atoms with Crippen LogP contribution in [0, 0.1) is 12.8 Å². The average molecular weight is 441 g/mol. The number of nitrogens with one attached hydrogen (secondary N) is 1. The SMILES string of the molecule is Cc1ccc(=O)n(CC(=O)N2CCC(Cc3nn(C)cc3C(=O)NC3CCCC3)CC2)n1. The third kappa shape index (κ3) is 5.26. The summed E-state index contributed by atoms with van der Waals surface area (Å²) in [6.45, 7) is 3.05. The lowest BCUT2D eigenvalue weighted by Crippen LogP contribution is -2.42.